The van der Waals surface area contributed by atoms with Crippen molar-refractivity contribution in [1.82, 2.24) is 5.32 Å². The quantitative estimate of drug-likeness (QED) is 0.791. The minimum absolute atomic E-state index is 0.132. The molecule has 0 aromatic heterocycles. The summed E-state index contributed by atoms with van der Waals surface area (Å²) in [4.78, 5) is 11.2. The van der Waals surface area contributed by atoms with Crippen molar-refractivity contribution >= 4 is 5.97 Å². The number of carbonyl (C=O) groups is 1. The number of benzene rings is 1. The maximum absolute atomic E-state index is 13.9. The van der Waals surface area contributed by atoms with Crippen LogP contribution >= 0.6 is 0 Å². The van der Waals surface area contributed by atoms with Crippen LogP contribution in [0.25, 0.3) is 0 Å². The van der Waals surface area contributed by atoms with Crippen LogP contribution in [0.3, 0.4) is 0 Å². The van der Waals surface area contributed by atoms with Crippen molar-refractivity contribution in [1.29, 1.82) is 0 Å². The lowest BCUT2D eigenvalue weighted by Gasteiger charge is -2.20. The summed E-state index contributed by atoms with van der Waals surface area (Å²) in [5, 5.41) is 12.2. The van der Waals surface area contributed by atoms with Gasteiger partial charge in [0.15, 0.2) is 17.5 Å². The van der Waals surface area contributed by atoms with E-state index >= 15 is 0 Å². The number of aliphatic carboxylic acids is 1. The average Bonchev–Trinajstić information content (AvgIpc) is 2.83. The highest BCUT2D eigenvalue weighted by Gasteiger charge is 2.31. The molecule has 0 aliphatic heterocycles. The molecule has 0 amide bonds. The van der Waals surface area contributed by atoms with E-state index in [-0.39, 0.29) is 18.0 Å². The number of carboxylic acid groups (broad SMARTS) is 1. The summed E-state index contributed by atoms with van der Waals surface area (Å²) in [6, 6.07) is 0.553. The molecule has 0 spiro atoms. The largest absolute Gasteiger partial charge is 0.481 e. The lowest BCUT2D eigenvalue weighted by molar-refractivity contribution is -0.142. The topological polar surface area (TPSA) is 49.3 Å². The van der Waals surface area contributed by atoms with Crippen molar-refractivity contribution in [2.45, 2.75) is 39.2 Å². The summed E-state index contributed by atoms with van der Waals surface area (Å²) < 4.78 is 40.5. The standard InChI is InChI=1S/C16H20F3NO2/c1-8(2)5-10(16(21)22)7-20-12-4-3-9-6-11(17)14(18)15(19)13(9)12/h6,8,10,12,20H,3-5,7H2,1-2H3,(H,21,22). The molecule has 3 nitrogen and oxygen atoms in total. The van der Waals surface area contributed by atoms with E-state index in [2.05, 4.69) is 5.32 Å². The smallest absolute Gasteiger partial charge is 0.307 e. The Bertz CT molecular complexity index is 575. The third-order valence-corrected chi connectivity index (χ3v) is 4.05. The van der Waals surface area contributed by atoms with Crippen LogP contribution in [0.2, 0.25) is 0 Å². The molecule has 2 rings (SSSR count). The Kier molecular flexibility index (Phi) is 5.11. The van der Waals surface area contributed by atoms with Crippen LogP contribution in [-0.2, 0) is 11.2 Å². The highest BCUT2D eigenvalue weighted by atomic mass is 19.2. The molecule has 0 saturated carbocycles. The van der Waals surface area contributed by atoms with E-state index in [4.69, 9.17) is 0 Å². The lowest BCUT2D eigenvalue weighted by atomic mass is 9.96. The van der Waals surface area contributed by atoms with Gasteiger partial charge in [-0.25, -0.2) is 13.2 Å². The molecule has 2 atom stereocenters. The number of hydrogen-bond acceptors (Lipinski definition) is 2. The number of hydrogen-bond donors (Lipinski definition) is 2. The zero-order chi connectivity index (χ0) is 16.4. The predicted molar refractivity (Wildman–Crippen MR) is 76.0 cm³/mol. The van der Waals surface area contributed by atoms with E-state index in [1.54, 1.807) is 0 Å². The van der Waals surface area contributed by atoms with Crippen molar-refractivity contribution in [2.75, 3.05) is 6.54 Å². The molecule has 1 aliphatic carbocycles. The van der Waals surface area contributed by atoms with Gasteiger partial charge < -0.3 is 10.4 Å². The van der Waals surface area contributed by atoms with Crippen molar-refractivity contribution in [3.8, 4) is 0 Å². The first-order valence-electron chi connectivity index (χ1n) is 7.43. The Hall–Kier alpha value is -1.56. The molecule has 6 heteroatoms. The van der Waals surface area contributed by atoms with E-state index in [1.165, 1.54) is 0 Å². The molecule has 22 heavy (non-hydrogen) atoms. The number of carboxylic acids is 1. The van der Waals surface area contributed by atoms with Crippen molar-refractivity contribution in [2.24, 2.45) is 11.8 Å². The van der Waals surface area contributed by atoms with Crippen molar-refractivity contribution < 1.29 is 23.1 Å². The Morgan fingerprint density at radius 2 is 2.05 bits per heavy atom. The molecule has 2 N–H and O–H groups in total. The zero-order valence-corrected chi connectivity index (χ0v) is 12.6. The van der Waals surface area contributed by atoms with Crippen LogP contribution in [0, 0.1) is 29.3 Å². The first-order chi connectivity index (χ1) is 10.3. The van der Waals surface area contributed by atoms with Gasteiger partial charge in [0.25, 0.3) is 0 Å². The van der Waals surface area contributed by atoms with Gasteiger partial charge in [0.1, 0.15) is 0 Å². The van der Waals surface area contributed by atoms with Gasteiger partial charge >= 0.3 is 5.97 Å². The van der Waals surface area contributed by atoms with Crippen molar-refractivity contribution in [3.05, 3.63) is 34.6 Å². The first kappa shape index (κ1) is 16.8. The lowest BCUT2D eigenvalue weighted by Crippen LogP contribution is -2.32. The fourth-order valence-electron chi connectivity index (χ4n) is 3.02. The van der Waals surface area contributed by atoms with E-state index in [9.17, 15) is 23.1 Å². The van der Waals surface area contributed by atoms with Crippen LogP contribution in [0.15, 0.2) is 6.07 Å². The molecule has 1 aromatic rings. The summed E-state index contributed by atoms with van der Waals surface area (Å²) in [7, 11) is 0. The summed E-state index contributed by atoms with van der Waals surface area (Å²) >= 11 is 0. The van der Waals surface area contributed by atoms with Gasteiger partial charge in [-0.05, 0) is 36.8 Å². The second kappa shape index (κ2) is 6.69. The minimum atomic E-state index is -1.47. The van der Waals surface area contributed by atoms with Crippen LogP contribution in [-0.4, -0.2) is 17.6 Å². The van der Waals surface area contributed by atoms with Gasteiger partial charge in [-0.2, -0.15) is 0 Å². The maximum Gasteiger partial charge on any atom is 0.307 e. The van der Waals surface area contributed by atoms with E-state index in [0.29, 0.717) is 24.8 Å². The highest BCUT2D eigenvalue weighted by Crippen LogP contribution is 2.35. The monoisotopic (exact) mass is 315 g/mol. The van der Waals surface area contributed by atoms with Crippen LogP contribution in [0.4, 0.5) is 13.2 Å². The zero-order valence-electron chi connectivity index (χ0n) is 12.6. The van der Waals surface area contributed by atoms with Crippen LogP contribution in [0.1, 0.15) is 43.9 Å². The molecule has 0 saturated heterocycles. The normalized spacial score (nSPS) is 18.5. The summed E-state index contributed by atoms with van der Waals surface area (Å²) in [5.74, 6) is -5.09. The first-order valence-corrected chi connectivity index (χ1v) is 7.43. The fourth-order valence-corrected chi connectivity index (χ4v) is 3.02. The predicted octanol–water partition coefficient (Wildman–Crippen LogP) is 3.43. The van der Waals surface area contributed by atoms with E-state index in [0.717, 1.165) is 6.07 Å². The third-order valence-electron chi connectivity index (χ3n) is 4.05. The number of aryl methyl sites for hydroxylation is 1. The molecule has 0 radical (unpaired) electrons. The summed E-state index contributed by atoms with van der Waals surface area (Å²) in [6.07, 6.45) is 1.45. The maximum atomic E-state index is 13.9. The molecule has 122 valence electrons. The number of nitrogens with one attached hydrogen (secondary N) is 1. The van der Waals surface area contributed by atoms with Crippen molar-refractivity contribution in [3.63, 3.8) is 0 Å². The minimum Gasteiger partial charge on any atom is -0.481 e. The molecule has 0 heterocycles. The average molecular weight is 315 g/mol. The van der Waals surface area contributed by atoms with Gasteiger partial charge in [-0.3, -0.25) is 4.79 Å². The second-order valence-corrected chi connectivity index (χ2v) is 6.22. The van der Waals surface area contributed by atoms with E-state index < -0.39 is 35.4 Å². The van der Waals surface area contributed by atoms with Crippen LogP contribution in [0.5, 0.6) is 0 Å². The Labute approximate surface area is 127 Å². The van der Waals surface area contributed by atoms with Crippen LogP contribution < -0.4 is 5.32 Å². The Balaban J connectivity index is 2.11. The Morgan fingerprint density at radius 3 is 2.64 bits per heavy atom. The van der Waals surface area contributed by atoms with Gasteiger partial charge in [-0.1, -0.05) is 13.8 Å². The molecule has 0 bridgehead atoms. The number of halogens is 3. The second-order valence-electron chi connectivity index (χ2n) is 6.22. The van der Waals surface area contributed by atoms with Gasteiger partial charge in [0.2, 0.25) is 0 Å². The molecular weight excluding hydrogens is 295 g/mol. The van der Waals surface area contributed by atoms with Gasteiger partial charge in [-0.15, -0.1) is 0 Å². The molecule has 1 aromatic carbocycles. The third kappa shape index (κ3) is 3.43. The molecular formula is C16H20F3NO2. The summed E-state index contributed by atoms with van der Waals surface area (Å²) in [5.41, 5.74) is 0.581. The SMILES string of the molecule is CC(C)CC(CNC1CCc2cc(F)c(F)c(F)c21)C(=O)O. The molecule has 0 fully saturated rings. The molecule has 1 aliphatic rings. The number of rotatable bonds is 6. The Morgan fingerprint density at radius 1 is 1.36 bits per heavy atom. The summed E-state index contributed by atoms with van der Waals surface area (Å²) in [6.45, 7) is 4.04. The molecule has 2 unspecified atom stereocenters. The highest BCUT2D eigenvalue weighted by molar-refractivity contribution is 5.70. The van der Waals surface area contributed by atoms with Gasteiger partial charge in [0.05, 0.1) is 5.92 Å². The fraction of sp³-hybridized carbons (Fsp3) is 0.562. The van der Waals surface area contributed by atoms with E-state index in [1.807, 2.05) is 13.8 Å². The van der Waals surface area contributed by atoms with Gasteiger partial charge in [0, 0.05) is 18.2 Å². The number of fused-ring (bicyclic) bond motifs is 1.